The van der Waals surface area contributed by atoms with Crippen LogP contribution < -0.4 is 4.74 Å². The summed E-state index contributed by atoms with van der Waals surface area (Å²) >= 11 is 1.71. The van der Waals surface area contributed by atoms with Crippen LogP contribution in [0.15, 0.2) is 40.2 Å². The summed E-state index contributed by atoms with van der Waals surface area (Å²) in [5.41, 5.74) is 0.946. The van der Waals surface area contributed by atoms with Crippen molar-refractivity contribution in [3.05, 3.63) is 35.2 Å². The molecule has 1 aliphatic heterocycles. The van der Waals surface area contributed by atoms with Gasteiger partial charge in [0.05, 0.1) is 18.3 Å². The van der Waals surface area contributed by atoms with Gasteiger partial charge >= 0.3 is 0 Å². The van der Waals surface area contributed by atoms with Gasteiger partial charge in [0.2, 0.25) is 0 Å². The molecule has 0 aromatic heterocycles. The van der Waals surface area contributed by atoms with Crippen LogP contribution in [0.25, 0.3) is 0 Å². The fraction of sp³-hybridized carbons (Fsp3) is 0.400. The fourth-order valence-corrected chi connectivity index (χ4v) is 3.11. The lowest BCUT2D eigenvalue weighted by Crippen LogP contribution is -2.44. The van der Waals surface area contributed by atoms with Crippen LogP contribution in [0, 0.1) is 0 Å². The van der Waals surface area contributed by atoms with E-state index in [2.05, 4.69) is 38.8 Å². The zero-order valence-electron chi connectivity index (χ0n) is 12.1. The Morgan fingerprint density at radius 2 is 1.84 bits per heavy atom. The summed E-state index contributed by atoms with van der Waals surface area (Å²) in [6.07, 6.45) is 2.27. The molecule has 0 amide bonds. The normalized spacial score (nSPS) is 20.4. The van der Waals surface area contributed by atoms with Crippen LogP contribution in [0.3, 0.4) is 0 Å². The first-order valence-corrected chi connectivity index (χ1v) is 7.08. The fourth-order valence-electron chi connectivity index (χ4n) is 1.95. The maximum Gasteiger partial charge on any atom is 0.169 e. The van der Waals surface area contributed by atoms with E-state index in [4.69, 9.17) is 9.73 Å². The van der Waals surface area contributed by atoms with Gasteiger partial charge in [-0.1, -0.05) is 11.8 Å². The average molecular weight is 276 g/mol. The molecule has 0 N–H and O–H groups in total. The van der Waals surface area contributed by atoms with Crippen molar-refractivity contribution < 1.29 is 4.74 Å². The van der Waals surface area contributed by atoms with Crippen LogP contribution in [-0.4, -0.2) is 29.8 Å². The van der Waals surface area contributed by atoms with E-state index in [1.54, 1.807) is 18.9 Å². The van der Waals surface area contributed by atoms with E-state index in [0.717, 1.165) is 16.6 Å². The molecule has 1 aromatic carbocycles. The topological polar surface area (TPSA) is 24.8 Å². The van der Waals surface area contributed by atoms with Gasteiger partial charge in [0.1, 0.15) is 5.75 Å². The van der Waals surface area contributed by atoms with Gasteiger partial charge in [-0.3, -0.25) is 0 Å². The number of hydrogen-bond donors (Lipinski definition) is 0. The zero-order valence-corrected chi connectivity index (χ0v) is 12.9. The second-order valence-corrected chi connectivity index (χ2v) is 6.38. The standard InChI is InChI=1S/C15H20N2OS/c1-11-10-15(2,3)17(4)14(19-11)16-12-6-8-13(18-5)9-7-12/h6-10H,1-5H3. The van der Waals surface area contributed by atoms with Crippen molar-refractivity contribution in [2.45, 2.75) is 26.3 Å². The SMILES string of the molecule is COc1ccc(N=C2SC(C)=CC(C)(C)N2C)cc1. The molecule has 1 aromatic rings. The lowest BCUT2D eigenvalue weighted by Gasteiger charge is -2.39. The van der Waals surface area contributed by atoms with Gasteiger partial charge < -0.3 is 9.64 Å². The first-order chi connectivity index (χ1) is 8.92. The molecule has 0 fully saturated rings. The quantitative estimate of drug-likeness (QED) is 0.815. The van der Waals surface area contributed by atoms with Gasteiger partial charge in [-0.05, 0) is 56.0 Å². The van der Waals surface area contributed by atoms with Crippen LogP contribution in [0.4, 0.5) is 5.69 Å². The zero-order chi connectivity index (χ0) is 14.0. The molecule has 2 rings (SSSR count). The number of benzene rings is 1. The van der Waals surface area contributed by atoms with Gasteiger partial charge in [-0.2, -0.15) is 0 Å². The summed E-state index contributed by atoms with van der Waals surface area (Å²) in [6.45, 7) is 6.52. The largest absolute Gasteiger partial charge is 0.497 e. The Kier molecular flexibility index (Phi) is 3.90. The highest BCUT2D eigenvalue weighted by atomic mass is 32.2. The smallest absolute Gasteiger partial charge is 0.169 e. The lowest BCUT2D eigenvalue weighted by molar-refractivity contribution is 0.324. The summed E-state index contributed by atoms with van der Waals surface area (Å²) in [5.74, 6) is 0.852. The summed E-state index contributed by atoms with van der Waals surface area (Å²) in [4.78, 5) is 8.22. The van der Waals surface area contributed by atoms with E-state index in [1.165, 1.54) is 4.91 Å². The maximum absolute atomic E-state index is 5.16. The third-order valence-corrected chi connectivity index (χ3v) is 4.24. The number of nitrogens with zero attached hydrogens (tertiary/aromatic N) is 2. The molecule has 1 heterocycles. The monoisotopic (exact) mass is 276 g/mol. The number of amidine groups is 1. The molecule has 1 aliphatic rings. The van der Waals surface area contributed by atoms with Crippen LogP contribution in [0.2, 0.25) is 0 Å². The van der Waals surface area contributed by atoms with Gasteiger partial charge in [0.15, 0.2) is 5.17 Å². The Labute approximate surface area is 119 Å². The van der Waals surface area contributed by atoms with Crippen molar-refractivity contribution in [2.75, 3.05) is 14.2 Å². The summed E-state index contributed by atoms with van der Waals surface area (Å²) in [5, 5.41) is 1.02. The van der Waals surface area contributed by atoms with E-state index in [0.29, 0.717) is 0 Å². The molecule has 0 spiro atoms. The number of thioether (sulfide) groups is 1. The number of ether oxygens (including phenoxy) is 1. The lowest BCUT2D eigenvalue weighted by atomic mass is 10.0. The molecule has 0 radical (unpaired) electrons. The molecule has 19 heavy (non-hydrogen) atoms. The van der Waals surface area contributed by atoms with Crippen molar-refractivity contribution in [1.29, 1.82) is 0 Å². The Morgan fingerprint density at radius 3 is 2.42 bits per heavy atom. The molecular weight excluding hydrogens is 256 g/mol. The first-order valence-electron chi connectivity index (χ1n) is 6.26. The Bertz CT molecular complexity index is 517. The Morgan fingerprint density at radius 1 is 1.21 bits per heavy atom. The Balaban J connectivity index is 2.30. The number of methoxy groups -OCH3 is 1. The third-order valence-electron chi connectivity index (χ3n) is 3.26. The van der Waals surface area contributed by atoms with Crippen molar-refractivity contribution >= 4 is 22.6 Å². The molecule has 0 atom stereocenters. The minimum atomic E-state index is 0.000632. The molecule has 0 saturated carbocycles. The maximum atomic E-state index is 5.16. The molecule has 0 bridgehead atoms. The average Bonchev–Trinajstić information content (AvgIpc) is 2.36. The third kappa shape index (κ3) is 3.13. The van der Waals surface area contributed by atoms with E-state index < -0.39 is 0 Å². The summed E-state index contributed by atoms with van der Waals surface area (Å²) in [7, 11) is 3.75. The van der Waals surface area contributed by atoms with E-state index in [1.807, 2.05) is 24.3 Å². The van der Waals surface area contributed by atoms with Crippen molar-refractivity contribution in [3.8, 4) is 5.75 Å². The molecule has 4 heteroatoms. The minimum Gasteiger partial charge on any atom is -0.497 e. The van der Waals surface area contributed by atoms with E-state index in [9.17, 15) is 0 Å². The highest BCUT2D eigenvalue weighted by Crippen LogP contribution is 2.34. The predicted molar refractivity (Wildman–Crippen MR) is 83.3 cm³/mol. The number of allylic oxidation sites excluding steroid dienone is 1. The molecular formula is C15H20N2OS. The highest BCUT2D eigenvalue weighted by molar-refractivity contribution is 8.17. The molecule has 3 nitrogen and oxygen atoms in total. The highest BCUT2D eigenvalue weighted by Gasteiger charge is 2.29. The van der Waals surface area contributed by atoms with Gasteiger partial charge in [-0.15, -0.1) is 0 Å². The van der Waals surface area contributed by atoms with Crippen LogP contribution in [-0.2, 0) is 0 Å². The molecule has 0 aliphatic carbocycles. The minimum absolute atomic E-state index is 0.000632. The number of likely N-dealkylation sites (N-methyl/N-ethyl adjacent to an activating group) is 1. The number of rotatable bonds is 2. The van der Waals surface area contributed by atoms with Crippen molar-refractivity contribution in [3.63, 3.8) is 0 Å². The van der Waals surface area contributed by atoms with E-state index in [-0.39, 0.29) is 5.54 Å². The molecule has 102 valence electrons. The van der Waals surface area contributed by atoms with Crippen LogP contribution in [0.1, 0.15) is 20.8 Å². The number of hydrogen-bond acceptors (Lipinski definition) is 3. The van der Waals surface area contributed by atoms with E-state index >= 15 is 0 Å². The second kappa shape index (κ2) is 5.29. The first kappa shape index (κ1) is 14.0. The van der Waals surface area contributed by atoms with Crippen LogP contribution >= 0.6 is 11.8 Å². The number of aliphatic imine (C=N–C) groups is 1. The van der Waals surface area contributed by atoms with Gasteiger partial charge in [0, 0.05) is 7.05 Å². The summed E-state index contributed by atoms with van der Waals surface area (Å²) < 4.78 is 5.16. The summed E-state index contributed by atoms with van der Waals surface area (Å²) in [6, 6.07) is 7.81. The predicted octanol–water partition coefficient (Wildman–Crippen LogP) is 4.04. The van der Waals surface area contributed by atoms with Crippen LogP contribution in [0.5, 0.6) is 5.75 Å². The van der Waals surface area contributed by atoms with Gasteiger partial charge in [-0.25, -0.2) is 4.99 Å². The second-order valence-electron chi connectivity index (χ2n) is 5.16. The van der Waals surface area contributed by atoms with Crippen molar-refractivity contribution in [2.24, 2.45) is 4.99 Å². The Hall–Kier alpha value is -1.42. The van der Waals surface area contributed by atoms with Gasteiger partial charge in [0.25, 0.3) is 0 Å². The van der Waals surface area contributed by atoms with Crippen molar-refractivity contribution in [1.82, 2.24) is 4.90 Å². The molecule has 0 saturated heterocycles. The molecule has 0 unspecified atom stereocenters.